The van der Waals surface area contributed by atoms with Crippen molar-refractivity contribution in [3.8, 4) is 0 Å². The molecule has 29 heavy (non-hydrogen) atoms. The quantitative estimate of drug-likeness (QED) is 0.803. The minimum atomic E-state index is -0.280. The number of nitrogens with zero attached hydrogens (tertiary/aromatic N) is 3. The van der Waals surface area contributed by atoms with Crippen LogP contribution in [0.25, 0.3) is 0 Å². The SMILES string of the molecule is CCOC(=O)N1CCC(Nc2nccc(C(=O)Nc3cc(C)cc(C)c3)n2)CC1. The van der Waals surface area contributed by atoms with Crippen molar-refractivity contribution >= 4 is 23.6 Å². The van der Waals surface area contributed by atoms with E-state index in [1.165, 1.54) is 0 Å². The topological polar surface area (TPSA) is 96.5 Å². The number of carbonyl (C=O) groups excluding carboxylic acids is 2. The maximum Gasteiger partial charge on any atom is 0.409 e. The molecule has 2 aromatic rings. The fourth-order valence-corrected chi connectivity index (χ4v) is 3.40. The molecule has 1 saturated heterocycles. The van der Waals surface area contributed by atoms with Crippen molar-refractivity contribution in [1.82, 2.24) is 14.9 Å². The van der Waals surface area contributed by atoms with Crippen molar-refractivity contribution in [2.24, 2.45) is 0 Å². The number of carbonyl (C=O) groups is 2. The van der Waals surface area contributed by atoms with Crippen LogP contribution >= 0.6 is 0 Å². The van der Waals surface area contributed by atoms with Crippen molar-refractivity contribution < 1.29 is 14.3 Å². The summed E-state index contributed by atoms with van der Waals surface area (Å²) in [7, 11) is 0. The van der Waals surface area contributed by atoms with E-state index in [0.717, 1.165) is 29.7 Å². The summed E-state index contributed by atoms with van der Waals surface area (Å²) >= 11 is 0. The molecule has 1 aromatic carbocycles. The lowest BCUT2D eigenvalue weighted by molar-refractivity contribution is 0.0980. The third kappa shape index (κ3) is 5.66. The fraction of sp³-hybridized carbons (Fsp3) is 0.429. The van der Waals surface area contributed by atoms with E-state index in [4.69, 9.17) is 4.74 Å². The second-order valence-corrected chi connectivity index (χ2v) is 7.20. The molecular weight excluding hydrogens is 370 g/mol. The van der Waals surface area contributed by atoms with Gasteiger partial charge in [0.1, 0.15) is 5.69 Å². The number of likely N-dealkylation sites (tertiary alicyclic amines) is 1. The van der Waals surface area contributed by atoms with Crippen LogP contribution in [0.15, 0.2) is 30.5 Å². The number of aryl methyl sites for hydroxylation is 2. The van der Waals surface area contributed by atoms with Gasteiger partial charge >= 0.3 is 6.09 Å². The molecule has 1 aliphatic heterocycles. The van der Waals surface area contributed by atoms with Gasteiger partial charge < -0.3 is 20.3 Å². The summed E-state index contributed by atoms with van der Waals surface area (Å²) in [6.07, 6.45) is 2.83. The molecule has 0 saturated carbocycles. The summed E-state index contributed by atoms with van der Waals surface area (Å²) in [5.74, 6) is 0.130. The molecule has 154 valence electrons. The van der Waals surface area contributed by atoms with E-state index in [-0.39, 0.29) is 18.0 Å². The van der Waals surface area contributed by atoms with Gasteiger partial charge in [0.2, 0.25) is 5.95 Å². The molecule has 0 unspecified atom stereocenters. The van der Waals surface area contributed by atoms with E-state index in [2.05, 4.69) is 26.7 Å². The highest BCUT2D eigenvalue weighted by molar-refractivity contribution is 6.03. The Morgan fingerprint density at radius 3 is 2.52 bits per heavy atom. The number of hydrogen-bond acceptors (Lipinski definition) is 6. The van der Waals surface area contributed by atoms with Crippen molar-refractivity contribution in [1.29, 1.82) is 0 Å². The van der Waals surface area contributed by atoms with E-state index in [0.29, 0.717) is 31.3 Å². The van der Waals surface area contributed by atoms with E-state index >= 15 is 0 Å². The minimum absolute atomic E-state index is 0.137. The van der Waals surface area contributed by atoms with Gasteiger partial charge in [-0.3, -0.25) is 4.79 Å². The van der Waals surface area contributed by atoms with Crippen LogP contribution in [0.4, 0.5) is 16.4 Å². The maximum absolute atomic E-state index is 12.6. The maximum atomic E-state index is 12.6. The summed E-state index contributed by atoms with van der Waals surface area (Å²) < 4.78 is 5.04. The normalized spacial score (nSPS) is 14.4. The zero-order valence-electron chi connectivity index (χ0n) is 17.1. The molecule has 1 aromatic heterocycles. The lowest BCUT2D eigenvalue weighted by Crippen LogP contribution is -2.42. The van der Waals surface area contributed by atoms with Gasteiger partial charge in [0.15, 0.2) is 0 Å². The number of piperidine rings is 1. The second-order valence-electron chi connectivity index (χ2n) is 7.20. The van der Waals surface area contributed by atoms with Crippen molar-refractivity contribution in [3.05, 3.63) is 47.3 Å². The zero-order chi connectivity index (χ0) is 20.8. The molecule has 1 aliphatic rings. The molecule has 8 heteroatoms. The van der Waals surface area contributed by atoms with Gasteiger partial charge in [-0.15, -0.1) is 0 Å². The van der Waals surface area contributed by atoms with Crippen LogP contribution in [0.3, 0.4) is 0 Å². The number of benzene rings is 1. The lowest BCUT2D eigenvalue weighted by atomic mass is 10.1. The van der Waals surface area contributed by atoms with Crippen molar-refractivity contribution in [2.45, 2.75) is 39.7 Å². The molecule has 8 nitrogen and oxygen atoms in total. The van der Waals surface area contributed by atoms with E-state index in [1.54, 1.807) is 24.1 Å². The van der Waals surface area contributed by atoms with Gasteiger partial charge in [-0.05, 0) is 62.9 Å². The standard InChI is InChI=1S/C21H27N5O3/c1-4-29-21(28)26-9-6-16(7-10-26)24-20-22-8-5-18(25-20)19(27)23-17-12-14(2)11-15(3)13-17/h5,8,11-13,16H,4,6-7,9-10H2,1-3H3,(H,23,27)(H,22,24,25). The van der Waals surface area contributed by atoms with Crippen LogP contribution in [0, 0.1) is 13.8 Å². The van der Waals surface area contributed by atoms with Gasteiger partial charge in [0.05, 0.1) is 6.61 Å². The monoisotopic (exact) mass is 397 g/mol. The number of aromatic nitrogens is 2. The van der Waals surface area contributed by atoms with E-state index in [9.17, 15) is 9.59 Å². The van der Waals surface area contributed by atoms with Gasteiger partial charge in [-0.1, -0.05) is 6.07 Å². The first kappa shape index (κ1) is 20.6. The number of nitrogens with one attached hydrogen (secondary N) is 2. The lowest BCUT2D eigenvalue weighted by Gasteiger charge is -2.31. The third-order valence-electron chi connectivity index (χ3n) is 4.72. The Balaban J connectivity index is 1.58. The zero-order valence-corrected chi connectivity index (χ0v) is 17.1. The number of ether oxygens (including phenoxy) is 1. The number of rotatable bonds is 5. The highest BCUT2D eigenvalue weighted by Gasteiger charge is 2.24. The number of anilines is 2. The Hall–Kier alpha value is -3.16. The van der Waals surface area contributed by atoms with Crippen LogP contribution in [-0.2, 0) is 4.74 Å². The molecule has 0 atom stereocenters. The Labute approximate surface area is 170 Å². The summed E-state index contributed by atoms with van der Waals surface area (Å²) in [6, 6.07) is 7.62. The van der Waals surface area contributed by atoms with Crippen molar-refractivity contribution in [3.63, 3.8) is 0 Å². The molecule has 0 spiro atoms. The van der Waals surface area contributed by atoms with Crippen LogP contribution in [-0.4, -0.2) is 52.6 Å². The van der Waals surface area contributed by atoms with Crippen molar-refractivity contribution in [2.75, 3.05) is 30.3 Å². The second kappa shape index (κ2) is 9.36. The molecule has 0 radical (unpaired) electrons. The Kier molecular flexibility index (Phi) is 6.64. The fourth-order valence-electron chi connectivity index (χ4n) is 3.40. The largest absolute Gasteiger partial charge is 0.450 e. The predicted molar refractivity (Wildman–Crippen MR) is 111 cm³/mol. The molecule has 0 bridgehead atoms. The van der Waals surface area contributed by atoms with Gasteiger partial charge in [-0.25, -0.2) is 14.8 Å². The molecule has 2 amide bonds. The Bertz CT molecular complexity index is 858. The van der Waals surface area contributed by atoms with Gasteiger partial charge in [-0.2, -0.15) is 0 Å². The summed E-state index contributed by atoms with van der Waals surface area (Å²) in [5.41, 5.74) is 3.21. The summed E-state index contributed by atoms with van der Waals surface area (Å²) in [6.45, 7) is 7.38. The number of amides is 2. The third-order valence-corrected chi connectivity index (χ3v) is 4.72. The Morgan fingerprint density at radius 2 is 1.86 bits per heavy atom. The molecule has 2 N–H and O–H groups in total. The van der Waals surface area contributed by atoms with Gasteiger partial charge in [0, 0.05) is 31.0 Å². The van der Waals surface area contributed by atoms with Crippen LogP contribution in [0.1, 0.15) is 41.4 Å². The van der Waals surface area contributed by atoms with E-state index in [1.807, 2.05) is 26.0 Å². The first-order chi connectivity index (χ1) is 13.9. The molecule has 1 fully saturated rings. The summed E-state index contributed by atoms with van der Waals surface area (Å²) in [4.78, 5) is 34.6. The van der Waals surface area contributed by atoms with E-state index < -0.39 is 0 Å². The highest BCUT2D eigenvalue weighted by atomic mass is 16.6. The number of hydrogen-bond donors (Lipinski definition) is 2. The smallest absolute Gasteiger partial charge is 0.409 e. The molecular formula is C21H27N5O3. The summed E-state index contributed by atoms with van der Waals surface area (Å²) in [5, 5.41) is 6.15. The average Bonchev–Trinajstić information content (AvgIpc) is 2.68. The predicted octanol–water partition coefficient (Wildman–Crippen LogP) is 3.38. The first-order valence-electron chi connectivity index (χ1n) is 9.85. The average molecular weight is 397 g/mol. The Morgan fingerprint density at radius 1 is 1.17 bits per heavy atom. The first-order valence-corrected chi connectivity index (χ1v) is 9.85. The molecule has 0 aliphatic carbocycles. The molecule has 2 heterocycles. The minimum Gasteiger partial charge on any atom is -0.450 e. The van der Waals surface area contributed by atoms with Gasteiger partial charge in [0.25, 0.3) is 5.91 Å². The molecule has 3 rings (SSSR count). The van der Waals surface area contributed by atoms with Crippen LogP contribution in [0.5, 0.6) is 0 Å². The highest BCUT2D eigenvalue weighted by Crippen LogP contribution is 2.17. The van der Waals surface area contributed by atoms with Crippen LogP contribution < -0.4 is 10.6 Å². The van der Waals surface area contributed by atoms with Crippen LogP contribution in [0.2, 0.25) is 0 Å².